The Kier molecular flexibility index (Phi) is 5.13. The van der Waals surface area contributed by atoms with Crippen LogP contribution in [0.4, 0.5) is 0 Å². The van der Waals surface area contributed by atoms with E-state index >= 15 is 0 Å². The van der Waals surface area contributed by atoms with Crippen LogP contribution in [0.1, 0.15) is 43.7 Å². The summed E-state index contributed by atoms with van der Waals surface area (Å²) < 4.78 is 0. The van der Waals surface area contributed by atoms with Crippen LogP contribution in [0.3, 0.4) is 0 Å². The highest BCUT2D eigenvalue weighted by Gasteiger charge is 2.24. The number of benzene rings is 1. The lowest BCUT2D eigenvalue weighted by Gasteiger charge is -2.13. The lowest BCUT2D eigenvalue weighted by Crippen LogP contribution is -2.27. The van der Waals surface area contributed by atoms with Gasteiger partial charge in [-0.3, -0.25) is 0 Å². The van der Waals surface area contributed by atoms with Gasteiger partial charge >= 0.3 is 0 Å². The van der Waals surface area contributed by atoms with Crippen molar-refractivity contribution in [3.63, 3.8) is 0 Å². The summed E-state index contributed by atoms with van der Waals surface area (Å²) in [4.78, 5) is 1.44. The molecule has 2 atom stereocenters. The average molecular weight is 263 g/mol. The molecular formula is C16H25NS. The minimum absolute atomic E-state index is 0.758. The summed E-state index contributed by atoms with van der Waals surface area (Å²) in [6, 6.07) is 7.63. The van der Waals surface area contributed by atoms with E-state index in [9.17, 15) is 0 Å². The van der Waals surface area contributed by atoms with Gasteiger partial charge in [-0.15, -0.1) is 11.8 Å². The number of aryl methyl sites for hydroxylation is 2. The summed E-state index contributed by atoms with van der Waals surface area (Å²) in [6.07, 6.45) is 5.28. The highest BCUT2D eigenvalue weighted by atomic mass is 32.2. The van der Waals surface area contributed by atoms with Gasteiger partial charge in [0.1, 0.15) is 0 Å². The van der Waals surface area contributed by atoms with Crippen LogP contribution in [0.15, 0.2) is 23.1 Å². The Hall–Kier alpha value is -0.470. The van der Waals surface area contributed by atoms with E-state index in [4.69, 9.17) is 0 Å². The average Bonchev–Trinajstić information content (AvgIpc) is 2.79. The zero-order valence-electron chi connectivity index (χ0n) is 11.8. The molecule has 1 saturated carbocycles. The van der Waals surface area contributed by atoms with Gasteiger partial charge in [0.25, 0.3) is 0 Å². The third-order valence-corrected chi connectivity index (χ3v) is 5.14. The van der Waals surface area contributed by atoms with Crippen molar-refractivity contribution in [2.75, 3.05) is 6.54 Å². The minimum Gasteiger partial charge on any atom is -0.314 e. The lowest BCUT2D eigenvalue weighted by molar-refractivity contribution is 0.524. The first-order chi connectivity index (χ1) is 8.69. The van der Waals surface area contributed by atoms with Crippen LogP contribution in [0.25, 0.3) is 0 Å². The van der Waals surface area contributed by atoms with Crippen LogP contribution >= 0.6 is 11.8 Å². The second-order valence-corrected chi connectivity index (χ2v) is 6.82. The van der Waals surface area contributed by atoms with Crippen LogP contribution in [-0.2, 0) is 0 Å². The van der Waals surface area contributed by atoms with Crippen LogP contribution < -0.4 is 5.32 Å². The Labute approximate surface area is 116 Å². The van der Waals surface area contributed by atoms with Crippen molar-refractivity contribution in [2.45, 2.75) is 62.6 Å². The highest BCUT2D eigenvalue weighted by molar-refractivity contribution is 8.00. The van der Waals surface area contributed by atoms with Gasteiger partial charge in [0, 0.05) is 16.2 Å². The molecule has 0 radical (unpaired) electrons. The van der Waals surface area contributed by atoms with E-state index in [1.807, 2.05) is 0 Å². The number of rotatable bonds is 5. The number of nitrogens with one attached hydrogen (secondary N) is 1. The maximum absolute atomic E-state index is 3.65. The topological polar surface area (TPSA) is 12.0 Å². The van der Waals surface area contributed by atoms with E-state index in [-0.39, 0.29) is 0 Å². The summed E-state index contributed by atoms with van der Waals surface area (Å²) in [5, 5.41) is 4.46. The second kappa shape index (κ2) is 6.63. The van der Waals surface area contributed by atoms with Gasteiger partial charge in [0.05, 0.1) is 0 Å². The normalized spacial score (nSPS) is 23.5. The molecule has 0 bridgehead atoms. The number of thioether (sulfide) groups is 1. The second-order valence-electron chi connectivity index (χ2n) is 5.45. The van der Waals surface area contributed by atoms with Gasteiger partial charge in [0.2, 0.25) is 0 Å². The maximum atomic E-state index is 3.65. The van der Waals surface area contributed by atoms with Crippen molar-refractivity contribution >= 4 is 11.8 Å². The monoisotopic (exact) mass is 263 g/mol. The third kappa shape index (κ3) is 3.76. The quantitative estimate of drug-likeness (QED) is 0.849. The van der Waals surface area contributed by atoms with Crippen molar-refractivity contribution in [3.8, 4) is 0 Å². The van der Waals surface area contributed by atoms with Crippen LogP contribution in [0, 0.1) is 13.8 Å². The lowest BCUT2D eigenvalue weighted by atomic mass is 10.1. The summed E-state index contributed by atoms with van der Waals surface area (Å²) in [5.74, 6) is 0. The molecule has 0 spiro atoms. The molecule has 1 fully saturated rings. The van der Waals surface area contributed by atoms with Crippen molar-refractivity contribution in [2.24, 2.45) is 0 Å². The largest absolute Gasteiger partial charge is 0.314 e. The van der Waals surface area contributed by atoms with Gasteiger partial charge in [-0.25, -0.2) is 0 Å². The fourth-order valence-electron chi connectivity index (χ4n) is 2.56. The van der Waals surface area contributed by atoms with E-state index < -0.39 is 0 Å². The fraction of sp³-hybridized carbons (Fsp3) is 0.625. The third-order valence-electron chi connectivity index (χ3n) is 3.85. The van der Waals surface area contributed by atoms with E-state index in [1.54, 1.807) is 0 Å². The Morgan fingerprint density at radius 3 is 2.78 bits per heavy atom. The Morgan fingerprint density at radius 1 is 1.22 bits per heavy atom. The number of hydrogen-bond acceptors (Lipinski definition) is 2. The Morgan fingerprint density at radius 2 is 2.06 bits per heavy atom. The first-order valence-electron chi connectivity index (χ1n) is 7.16. The minimum atomic E-state index is 0.758. The molecule has 2 heteroatoms. The molecule has 0 heterocycles. The predicted molar refractivity (Wildman–Crippen MR) is 81.5 cm³/mol. The van der Waals surface area contributed by atoms with E-state index in [0.29, 0.717) is 0 Å². The first kappa shape index (κ1) is 14.0. The van der Waals surface area contributed by atoms with Crippen molar-refractivity contribution in [1.82, 2.24) is 5.32 Å². The molecule has 0 aromatic heterocycles. The fourth-order valence-corrected chi connectivity index (χ4v) is 3.92. The molecule has 1 aliphatic carbocycles. The molecule has 1 nitrogen and oxygen atoms in total. The summed E-state index contributed by atoms with van der Waals surface area (Å²) in [7, 11) is 0. The molecule has 2 rings (SSSR count). The smallest absolute Gasteiger partial charge is 0.0110 e. The highest BCUT2D eigenvalue weighted by Crippen LogP contribution is 2.35. The molecule has 18 heavy (non-hydrogen) atoms. The van der Waals surface area contributed by atoms with Gasteiger partial charge in [-0.05, 0) is 69.3 Å². The van der Waals surface area contributed by atoms with Crippen molar-refractivity contribution in [1.29, 1.82) is 0 Å². The molecule has 100 valence electrons. The van der Waals surface area contributed by atoms with Gasteiger partial charge < -0.3 is 5.32 Å². The molecule has 0 aliphatic heterocycles. The van der Waals surface area contributed by atoms with Crippen LogP contribution in [-0.4, -0.2) is 17.8 Å². The molecule has 1 aromatic rings. The first-order valence-corrected chi connectivity index (χ1v) is 8.04. The molecule has 1 N–H and O–H groups in total. The molecule has 1 aromatic carbocycles. The van der Waals surface area contributed by atoms with Crippen LogP contribution in [0.2, 0.25) is 0 Å². The van der Waals surface area contributed by atoms with Gasteiger partial charge in [-0.1, -0.05) is 13.0 Å². The summed E-state index contributed by atoms with van der Waals surface area (Å²) in [6.45, 7) is 7.80. The predicted octanol–water partition coefficient (Wildman–Crippen LogP) is 4.32. The maximum Gasteiger partial charge on any atom is 0.0110 e. The molecule has 0 saturated heterocycles. The molecule has 0 amide bonds. The zero-order chi connectivity index (χ0) is 13.0. The van der Waals surface area contributed by atoms with E-state index in [2.05, 4.69) is 56.0 Å². The van der Waals surface area contributed by atoms with Gasteiger partial charge in [0.15, 0.2) is 0 Å². The molecule has 2 unspecified atom stereocenters. The van der Waals surface area contributed by atoms with Gasteiger partial charge in [-0.2, -0.15) is 0 Å². The Bertz CT molecular complexity index is 389. The van der Waals surface area contributed by atoms with Crippen molar-refractivity contribution in [3.05, 3.63) is 29.3 Å². The Balaban J connectivity index is 1.85. The van der Waals surface area contributed by atoms with E-state index in [1.165, 1.54) is 48.3 Å². The summed E-state index contributed by atoms with van der Waals surface area (Å²) in [5.41, 5.74) is 2.81. The van der Waals surface area contributed by atoms with E-state index in [0.717, 1.165) is 11.3 Å². The van der Waals surface area contributed by atoms with Crippen molar-refractivity contribution < 1.29 is 0 Å². The SMILES string of the molecule is CCCNC1CCC(Sc2ccc(C)c(C)c2)C1. The standard InChI is InChI=1S/C16H25NS/c1-4-9-17-14-6-8-16(11-14)18-15-7-5-12(2)13(3)10-15/h5,7,10,14,16-17H,4,6,8-9,11H2,1-3H3. The summed E-state index contributed by atoms with van der Waals surface area (Å²) >= 11 is 2.07. The molecular weight excluding hydrogens is 238 g/mol. The number of hydrogen-bond donors (Lipinski definition) is 1. The zero-order valence-corrected chi connectivity index (χ0v) is 12.6. The molecule has 1 aliphatic rings. The van der Waals surface area contributed by atoms with Crippen LogP contribution in [0.5, 0.6) is 0 Å².